The van der Waals surface area contributed by atoms with Gasteiger partial charge in [0, 0.05) is 49.2 Å². The number of fused-ring (bicyclic) bond motifs is 5. The predicted molar refractivity (Wildman–Crippen MR) is 130 cm³/mol. The van der Waals surface area contributed by atoms with E-state index in [9.17, 15) is 0 Å². The Morgan fingerprint density at radius 3 is 2.78 bits per heavy atom. The molecule has 1 fully saturated rings. The molecule has 5 rings (SSSR count). The standard InChI is InChI=1S/C24H33N5O2S/c1-15(2)11-18-17-13-31-24(3,4)12-16(17)19-20-21(32-23(19)28-18)22(27-14-26-20)25-5-6-29-7-9-30-10-8-29/h14-15H,5-13H2,1-4H3,(H,25,26,27). The van der Waals surface area contributed by atoms with E-state index in [-0.39, 0.29) is 5.60 Å². The van der Waals surface area contributed by atoms with Crippen LogP contribution in [0, 0.1) is 5.92 Å². The first-order valence-electron chi connectivity index (χ1n) is 11.7. The minimum absolute atomic E-state index is 0.184. The van der Waals surface area contributed by atoms with Crippen LogP contribution in [0.1, 0.15) is 44.5 Å². The van der Waals surface area contributed by atoms with E-state index in [0.29, 0.717) is 12.5 Å². The van der Waals surface area contributed by atoms with Crippen molar-refractivity contribution in [1.82, 2.24) is 19.9 Å². The minimum atomic E-state index is -0.184. The maximum Gasteiger partial charge on any atom is 0.147 e. The molecule has 3 aromatic rings. The van der Waals surface area contributed by atoms with Crippen LogP contribution in [0.5, 0.6) is 0 Å². The Bertz CT molecular complexity index is 1120. The molecule has 2 aliphatic heterocycles. The molecule has 0 atom stereocenters. The van der Waals surface area contributed by atoms with Gasteiger partial charge in [0.1, 0.15) is 17.0 Å². The van der Waals surface area contributed by atoms with Crippen molar-refractivity contribution in [2.45, 2.75) is 52.7 Å². The van der Waals surface area contributed by atoms with Gasteiger partial charge in [-0.3, -0.25) is 4.90 Å². The van der Waals surface area contributed by atoms with Crippen LogP contribution < -0.4 is 5.32 Å². The summed E-state index contributed by atoms with van der Waals surface area (Å²) in [4.78, 5) is 17.9. The molecule has 2 aliphatic rings. The van der Waals surface area contributed by atoms with Crippen LogP contribution in [-0.4, -0.2) is 64.8 Å². The van der Waals surface area contributed by atoms with E-state index < -0.39 is 0 Å². The molecule has 0 aliphatic carbocycles. The monoisotopic (exact) mass is 455 g/mol. The van der Waals surface area contributed by atoms with E-state index >= 15 is 0 Å². The summed E-state index contributed by atoms with van der Waals surface area (Å²) in [6.45, 7) is 14.9. The summed E-state index contributed by atoms with van der Waals surface area (Å²) in [7, 11) is 0. The van der Waals surface area contributed by atoms with Gasteiger partial charge in [-0.1, -0.05) is 13.8 Å². The van der Waals surface area contributed by atoms with E-state index in [0.717, 1.165) is 73.1 Å². The number of morpholine rings is 1. The van der Waals surface area contributed by atoms with Crippen molar-refractivity contribution in [1.29, 1.82) is 0 Å². The Morgan fingerprint density at radius 1 is 1.19 bits per heavy atom. The molecule has 0 radical (unpaired) electrons. The third-order valence-corrected chi connectivity index (χ3v) is 7.42. The second kappa shape index (κ2) is 8.82. The molecule has 0 amide bonds. The number of anilines is 1. The lowest BCUT2D eigenvalue weighted by Crippen LogP contribution is -2.39. The highest BCUT2D eigenvalue weighted by Crippen LogP contribution is 2.42. The van der Waals surface area contributed by atoms with Gasteiger partial charge >= 0.3 is 0 Å². The Kier molecular flexibility index (Phi) is 6.05. The second-order valence-electron chi connectivity index (χ2n) is 9.90. The zero-order valence-electron chi connectivity index (χ0n) is 19.5. The average Bonchev–Trinajstić information content (AvgIpc) is 3.13. The highest BCUT2D eigenvalue weighted by atomic mass is 32.1. The van der Waals surface area contributed by atoms with Crippen molar-refractivity contribution in [3.05, 3.63) is 23.1 Å². The maximum absolute atomic E-state index is 6.19. The van der Waals surface area contributed by atoms with Crippen molar-refractivity contribution in [2.75, 3.05) is 44.7 Å². The van der Waals surface area contributed by atoms with Crippen LogP contribution in [-0.2, 0) is 28.9 Å². The van der Waals surface area contributed by atoms with E-state index in [1.807, 2.05) is 0 Å². The highest BCUT2D eigenvalue weighted by Gasteiger charge is 2.31. The first kappa shape index (κ1) is 21.9. The molecule has 0 saturated carbocycles. The van der Waals surface area contributed by atoms with Crippen LogP contribution in [0.2, 0.25) is 0 Å². The molecule has 5 heterocycles. The van der Waals surface area contributed by atoms with Gasteiger partial charge in [-0.25, -0.2) is 15.0 Å². The van der Waals surface area contributed by atoms with Crippen LogP contribution in [0.25, 0.3) is 20.4 Å². The lowest BCUT2D eigenvalue weighted by Gasteiger charge is -2.33. The summed E-state index contributed by atoms with van der Waals surface area (Å²) < 4.78 is 12.7. The van der Waals surface area contributed by atoms with Gasteiger partial charge in [-0.15, -0.1) is 11.3 Å². The zero-order valence-corrected chi connectivity index (χ0v) is 20.3. The number of pyridine rings is 1. The van der Waals surface area contributed by atoms with Crippen molar-refractivity contribution in [3.8, 4) is 0 Å². The lowest BCUT2D eigenvalue weighted by atomic mass is 9.88. The number of hydrogen-bond acceptors (Lipinski definition) is 8. The van der Waals surface area contributed by atoms with E-state index in [1.54, 1.807) is 17.7 Å². The topological polar surface area (TPSA) is 72.4 Å². The van der Waals surface area contributed by atoms with Gasteiger partial charge in [-0.05, 0) is 31.7 Å². The van der Waals surface area contributed by atoms with Crippen molar-refractivity contribution < 1.29 is 9.47 Å². The van der Waals surface area contributed by atoms with Gasteiger partial charge in [-0.2, -0.15) is 0 Å². The average molecular weight is 456 g/mol. The van der Waals surface area contributed by atoms with E-state index in [2.05, 4.69) is 42.9 Å². The predicted octanol–water partition coefficient (Wildman–Crippen LogP) is 4.03. The highest BCUT2D eigenvalue weighted by molar-refractivity contribution is 7.26. The molecule has 8 heteroatoms. The van der Waals surface area contributed by atoms with Crippen LogP contribution >= 0.6 is 11.3 Å². The normalized spacial score (nSPS) is 19.0. The molecule has 1 N–H and O–H groups in total. The molecule has 0 bridgehead atoms. The SMILES string of the molecule is CC(C)Cc1nc2sc3c(NCCN4CCOCC4)ncnc3c2c2c1COC(C)(C)C2. The third-order valence-electron chi connectivity index (χ3n) is 6.34. The molecule has 3 aromatic heterocycles. The van der Waals surface area contributed by atoms with Crippen molar-refractivity contribution >= 4 is 37.6 Å². The van der Waals surface area contributed by atoms with Gasteiger partial charge in [0.15, 0.2) is 0 Å². The zero-order chi connectivity index (χ0) is 22.3. The number of rotatable bonds is 6. The van der Waals surface area contributed by atoms with Crippen LogP contribution in [0.15, 0.2) is 6.33 Å². The van der Waals surface area contributed by atoms with Gasteiger partial charge in [0.05, 0.1) is 35.6 Å². The number of hydrogen-bond donors (Lipinski definition) is 1. The van der Waals surface area contributed by atoms with E-state index in [4.69, 9.17) is 19.4 Å². The molecular formula is C24H33N5O2S. The molecule has 172 valence electrons. The Morgan fingerprint density at radius 2 is 2.00 bits per heavy atom. The summed E-state index contributed by atoms with van der Waals surface area (Å²) in [6.07, 6.45) is 3.53. The van der Waals surface area contributed by atoms with Crippen molar-refractivity contribution in [3.63, 3.8) is 0 Å². The summed E-state index contributed by atoms with van der Waals surface area (Å²) in [5.74, 6) is 1.46. The van der Waals surface area contributed by atoms with Gasteiger partial charge in [0.2, 0.25) is 0 Å². The summed E-state index contributed by atoms with van der Waals surface area (Å²) >= 11 is 1.72. The number of aromatic nitrogens is 3. The number of thiophene rings is 1. The first-order chi connectivity index (χ1) is 15.4. The maximum atomic E-state index is 6.19. The summed E-state index contributed by atoms with van der Waals surface area (Å²) in [5, 5.41) is 4.76. The molecule has 32 heavy (non-hydrogen) atoms. The van der Waals surface area contributed by atoms with Crippen molar-refractivity contribution in [2.24, 2.45) is 5.92 Å². The third kappa shape index (κ3) is 4.33. The van der Waals surface area contributed by atoms with Crippen LogP contribution in [0.3, 0.4) is 0 Å². The molecule has 7 nitrogen and oxygen atoms in total. The van der Waals surface area contributed by atoms with E-state index in [1.165, 1.54) is 22.2 Å². The first-order valence-corrected chi connectivity index (χ1v) is 12.5. The fraction of sp³-hybridized carbons (Fsp3) is 0.625. The molecule has 0 unspecified atom stereocenters. The Labute approximate surface area is 193 Å². The molecule has 1 saturated heterocycles. The minimum Gasteiger partial charge on any atom is -0.379 e. The molecular weight excluding hydrogens is 422 g/mol. The fourth-order valence-electron chi connectivity index (χ4n) is 4.71. The number of nitrogens with one attached hydrogen (secondary N) is 1. The molecule has 0 spiro atoms. The summed E-state index contributed by atoms with van der Waals surface area (Å²) in [6, 6.07) is 0. The van der Waals surface area contributed by atoms with Crippen LogP contribution in [0.4, 0.5) is 5.82 Å². The lowest BCUT2D eigenvalue weighted by molar-refractivity contribution is -0.0402. The number of ether oxygens (including phenoxy) is 2. The Balaban J connectivity index is 1.53. The fourth-order valence-corrected chi connectivity index (χ4v) is 5.86. The Hall–Kier alpha value is -1.87. The molecule has 0 aromatic carbocycles. The second-order valence-corrected chi connectivity index (χ2v) is 10.9. The number of nitrogens with zero attached hydrogens (tertiary/aromatic N) is 4. The smallest absolute Gasteiger partial charge is 0.147 e. The van der Waals surface area contributed by atoms with Gasteiger partial charge < -0.3 is 14.8 Å². The van der Waals surface area contributed by atoms with Gasteiger partial charge in [0.25, 0.3) is 0 Å². The quantitative estimate of drug-likeness (QED) is 0.601. The largest absolute Gasteiger partial charge is 0.379 e. The summed E-state index contributed by atoms with van der Waals surface area (Å²) in [5.41, 5.74) is 4.65.